The molecule has 1 aromatic rings. The summed E-state index contributed by atoms with van der Waals surface area (Å²) in [5.41, 5.74) is 3.49. The molecule has 0 atom stereocenters. The van der Waals surface area contributed by atoms with Crippen molar-refractivity contribution < 1.29 is 4.79 Å². The molecule has 1 heterocycles. The molecule has 1 aliphatic rings. The normalized spacial score (nSPS) is 16.1. The second-order valence-electron chi connectivity index (χ2n) is 6.51. The molecule has 0 aromatic heterocycles. The van der Waals surface area contributed by atoms with Crippen molar-refractivity contribution in [2.45, 2.75) is 32.6 Å². The lowest BCUT2D eigenvalue weighted by molar-refractivity contribution is -0.104. The third-order valence-electron chi connectivity index (χ3n) is 4.57. The molecule has 0 spiro atoms. The van der Waals surface area contributed by atoms with E-state index in [9.17, 15) is 4.79 Å². The number of carbonyl (C=O) groups excluding carboxylic acids is 1. The summed E-state index contributed by atoms with van der Waals surface area (Å²) in [5, 5.41) is 3.48. The van der Waals surface area contributed by atoms with Crippen LogP contribution in [0.3, 0.4) is 0 Å². The summed E-state index contributed by atoms with van der Waals surface area (Å²) in [5.74, 6) is 0. The van der Waals surface area contributed by atoms with Crippen LogP contribution in [-0.4, -0.2) is 37.4 Å². The SMILES string of the molecule is C=C(C=O)/C(=C\C=C/C)c1ccc(NCCCN2CCCCC2)cc1. The van der Waals surface area contributed by atoms with Gasteiger partial charge in [-0.1, -0.05) is 43.4 Å². The number of hydrogen-bond acceptors (Lipinski definition) is 3. The van der Waals surface area contributed by atoms with E-state index in [4.69, 9.17) is 0 Å². The molecule has 2 rings (SSSR count). The van der Waals surface area contributed by atoms with Crippen molar-refractivity contribution >= 4 is 17.5 Å². The Morgan fingerprint density at radius 2 is 1.92 bits per heavy atom. The van der Waals surface area contributed by atoms with Gasteiger partial charge in [0.15, 0.2) is 0 Å². The Kier molecular flexibility index (Phi) is 8.20. The highest BCUT2D eigenvalue weighted by Crippen LogP contribution is 2.22. The van der Waals surface area contributed by atoms with Crippen LogP contribution in [0.2, 0.25) is 0 Å². The number of likely N-dealkylation sites (tertiary alicyclic amines) is 1. The molecule has 1 aliphatic heterocycles. The zero-order chi connectivity index (χ0) is 17.9. The van der Waals surface area contributed by atoms with Crippen molar-refractivity contribution in [3.8, 4) is 0 Å². The number of benzene rings is 1. The molecule has 0 saturated carbocycles. The van der Waals surface area contributed by atoms with Crippen molar-refractivity contribution in [1.29, 1.82) is 0 Å². The van der Waals surface area contributed by atoms with Gasteiger partial charge < -0.3 is 10.2 Å². The number of nitrogens with one attached hydrogen (secondary N) is 1. The van der Waals surface area contributed by atoms with E-state index in [1.807, 2.05) is 37.3 Å². The molecule has 134 valence electrons. The Balaban J connectivity index is 1.85. The van der Waals surface area contributed by atoms with Crippen LogP contribution in [0.1, 0.15) is 38.2 Å². The second kappa shape index (κ2) is 10.7. The Morgan fingerprint density at radius 3 is 2.56 bits per heavy atom. The lowest BCUT2D eigenvalue weighted by Gasteiger charge is -2.26. The minimum absolute atomic E-state index is 0.500. The van der Waals surface area contributed by atoms with Crippen LogP contribution >= 0.6 is 0 Å². The van der Waals surface area contributed by atoms with Gasteiger partial charge in [-0.25, -0.2) is 0 Å². The number of aldehydes is 1. The minimum atomic E-state index is 0.500. The Hall–Kier alpha value is -2.13. The van der Waals surface area contributed by atoms with Crippen LogP contribution in [0, 0.1) is 0 Å². The van der Waals surface area contributed by atoms with Crippen molar-refractivity contribution in [3.63, 3.8) is 0 Å². The predicted octanol–water partition coefficient (Wildman–Crippen LogP) is 4.69. The third-order valence-corrected chi connectivity index (χ3v) is 4.57. The summed E-state index contributed by atoms with van der Waals surface area (Å²) < 4.78 is 0. The zero-order valence-corrected chi connectivity index (χ0v) is 15.3. The molecule has 0 amide bonds. The molecular formula is C22H30N2O. The number of nitrogens with zero attached hydrogens (tertiary/aromatic N) is 1. The number of rotatable bonds is 9. The summed E-state index contributed by atoms with van der Waals surface area (Å²) in [6, 6.07) is 8.21. The lowest BCUT2D eigenvalue weighted by atomic mass is 9.99. The first kappa shape index (κ1) is 19.2. The van der Waals surface area contributed by atoms with E-state index in [2.05, 4.69) is 28.9 Å². The van der Waals surface area contributed by atoms with E-state index < -0.39 is 0 Å². The maximum absolute atomic E-state index is 11.1. The maximum atomic E-state index is 11.1. The number of piperidine rings is 1. The van der Waals surface area contributed by atoms with Gasteiger partial charge >= 0.3 is 0 Å². The van der Waals surface area contributed by atoms with Crippen molar-refractivity contribution in [2.24, 2.45) is 0 Å². The number of anilines is 1. The summed E-state index contributed by atoms with van der Waals surface area (Å²) in [6.45, 7) is 10.5. The predicted molar refractivity (Wildman–Crippen MR) is 108 cm³/mol. The average molecular weight is 338 g/mol. The second-order valence-corrected chi connectivity index (χ2v) is 6.51. The number of carbonyl (C=O) groups is 1. The molecular weight excluding hydrogens is 308 g/mol. The van der Waals surface area contributed by atoms with E-state index in [-0.39, 0.29) is 0 Å². The molecule has 3 heteroatoms. The van der Waals surface area contributed by atoms with E-state index in [1.54, 1.807) is 0 Å². The summed E-state index contributed by atoms with van der Waals surface area (Å²) in [4.78, 5) is 13.6. The fourth-order valence-electron chi connectivity index (χ4n) is 3.13. The molecule has 1 aromatic carbocycles. The Bertz CT molecular complexity index is 607. The number of allylic oxidation sites excluding steroid dienone is 5. The van der Waals surface area contributed by atoms with Gasteiger partial charge in [-0.3, -0.25) is 4.79 Å². The molecule has 1 N–H and O–H groups in total. The quantitative estimate of drug-likeness (QED) is 0.307. The summed E-state index contributed by atoms with van der Waals surface area (Å²) in [7, 11) is 0. The molecule has 1 saturated heterocycles. The fraction of sp³-hybridized carbons (Fsp3) is 0.409. The van der Waals surface area contributed by atoms with Gasteiger partial charge in [0.05, 0.1) is 0 Å². The minimum Gasteiger partial charge on any atom is -0.385 e. The van der Waals surface area contributed by atoms with Crippen molar-refractivity contribution in [2.75, 3.05) is 31.5 Å². The van der Waals surface area contributed by atoms with Gasteiger partial charge in [0.25, 0.3) is 0 Å². The lowest BCUT2D eigenvalue weighted by Crippen LogP contribution is -2.31. The largest absolute Gasteiger partial charge is 0.385 e. The fourth-order valence-corrected chi connectivity index (χ4v) is 3.13. The van der Waals surface area contributed by atoms with Crippen LogP contribution in [0.15, 0.2) is 54.6 Å². The summed E-state index contributed by atoms with van der Waals surface area (Å²) in [6.07, 6.45) is 11.9. The first-order valence-corrected chi connectivity index (χ1v) is 9.28. The molecule has 0 bridgehead atoms. The summed E-state index contributed by atoms with van der Waals surface area (Å²) >= 11 is 0. The monoisotopic (exact) mass is 338 g/mol. The van der Waals surface area contributed by atoms with Gasteiger partial charge in [0.1, 0.15) is 6.29 Å². The zero-order valence-electron chi connectivity index (χ0n) is 15.3. The Morgan fingerprint density at radius 1 is 1.20 bits per heavy atom. The molecule has 0 aliphatic carbocycles. The van der Waals surface area contributed by atoms with Crippen molar-refractivity contribution in [3.05, 3.63) is 60.2 Å². The molecule has 0 radical (unpaired) electrons. The maximum Gasteiger partial charge on any atom is 0.150 e. The smallest absolute Gasteiger partial charge is 0.150 e. The van der Waals surface area contributed by atoms with Crippen LogP contribution in [-0.2, 0) is 4.79 Å². The number of hydrogen-bond donors (Lipinski definition) is 1. The van der Waals surface area contributed by atoms with E-state index in [1.165, 1.54) is 38.9 Å². The van der Waals surface area contributed by atoms with Gasteiger partial charge in [0, 0.05) is 17.8 Å². The highest BCUT2D eigenvalue weighted by Gasteiger charge is 2.09. The van der Waals surface area contributed by atoms with Crippen LogP contribution in [0.25, 0.3) is 5.57 Å². The molecule has 1 fully saturated rings. The highest BCUT2D eigenvalue weighted by atomic mass is 16.1. The molecule has 0 unspecified atom stereocenters. The first-order valence-electron chi connectivity index (χ1n) is 9.28. The van der Waals surface area contributed by atoms with Gasteiger partial charge in [-0.05, 0) is 69.1 Å². The van der Waals surface area contributed by atoms with Crippen LogP contribution in [0.5, 0.6) is 0 Å². The van der Waals surface area contributed by atoms with E-state index >= 15 is 0 Å². The molecule has 3 nitrogen and oxygen atoms in total. The van der Waals surface area contributed by atoms with E-state index in [0.717, 1.165) is 36.1 Å². The first-order chi connectivity index (χ1) is 12.2. The van der Waals surface area contributed by atoms with Gasteiger partial charge in [-0.15, -0.1) is 0 Å². The van der Waals surface area contributed by atoms with E-state index in [0.29, 0.717) is 5.57 Å². The third kappa shape index (κ3) is 6.35. The standard InChI is InChI=1S/C22H30N2O/c1-3-4-9-22(19(2)18-25)20-10-12-21(13-11-20)23-14-8-17-24-15-6-5-7-16-24/h3-4,9-13,18,23H,2,5-8,14-17H2,1H3/b4-3-,22-9+. The van der Waals surface area contributed by atoms with Crippen molar-refractivity contribution in [1.82, 2.24) is 4.90 Å². The Labute approximate surface area is 152 Å². The van der Waals surface area contributed by atoms with Crippen LogP contribution < -0.4 is 5.32 Å². The van der Waals surface area contributed by atoms with Crippen LogP contribution in [0.4, 0.5) is 5.69 Å². The van der Waals surface area contributed by atoms with Gasteiger partial charge in [0.2, 0.25) is 0 Å². The van der Waals surface area contributed by atoms with Gasteiger partial charge in [-0.2, -0.15) is 0 Å². The topological polar surface area (TPSA) is 32.3 Å². The highest BCUT2D eigenvalue weighted by molar-refractivity contribution is 5.98. The molecule has 25 heavy (non-hydrogen) atoms. The average Bonchev–Trinajstić information content (AvgIpc) is 2.67.